The number of hydrogen-bond donors (Lipinski definition) is 1. The molecular weight excluding hydrogens is 242 g/mol. The van der Waals surface area contributed by atoms with E-state index >= 15 is 0 Å². The Morgan fingerprint density at radius 2 is 1.25 bits per heavy atom. The predicted molar refractivity (Wildman–Crippen MR) is 86.9 cm³/mol. The Morgan fingerprint density at radius 3 is 2.05 bits per heavy atom. The van der Waals surface area contributed by atoms with Crippen LogP contribution in [0.2, 0.25) is 0 Å². The first kappa shape index (κ1) is 11.4. The summed E-state index contributed by atoms with van der Waals surface area (Å²) in [7, 11) is 0. The van der Waals surface area contributed by atoms with E-state index in [1.807, 2.05) is 0 Å². The van der Waals surface area contributed by atoms with Gasteiger partial charge >= 0.3 is 0 Å². The van der Waals surface area contributed by atoms with Crippen LogP contribution in [0.15, 0.2) is 66.7 Å². The van der Waals surface area contributed by atoms with E-state index in [0.717, 1.165) is 0 Å². The van der Waals surface area contributed by atoms with Crippen LogP contribution in [0.25, 0.3) is 32.3 Å². The second kappa shape index (κ2) is 4.32. The first-order valence-corrected chi connectivity index (χ1v) is 6.90. The Hall–Kier alpha value is -2.38. The van der Waals surface area contributed by atoms with Gasteiger partial charge in [-0.05, 0) is 43.9 Å². The molecule has 0 radical (unpaired) electrons. The normalized spacial score (nSPS) is 11.4. The number of rotatable bonds is 1. The Balaban J connectivity index is 2.30. The molecule has 0 spiro atoms. The van der Waals surface area contributed by atoms with E-state index in [2.05, 4.69) is 66.7 Å². The summed E-state index contributed by atoms with van der Waals surface area (Å²) < 4.78 is 0. The van der Waals surface area contributed by atoms with E-state index < -0.39 is 0 Å². The van der Waals surface area contributed by atoms with Crippen LogP contribution in [0.5, 0.6) is 0 Å². The first-order valence-electron chi connectivity index (χ1n) is 6.90. The highest BCUT2D eigenvalue weighted by atomic mass is 14.5. The standard InChI is InChI=1S/C19H15N/c20-12-14-11-19-15-6-2-1-5-13(15)9-10-18(19)17-8-4-3-7-16(14)17/h1-11H,12,20H2. The van der Waals surface area contributed by atoms with Gasteiger partial charge in [-0.25, -0.2) is 0 Å². The van der Waals surface area contributed by atoms with Crippen LogP contribution in [-0.2, 0) is 6.54 Å². The van der Waals surface area contributed by atoms with Gasteiger partial charge in [0.05, 0.1) is 0 Å². The maximum absolute atomic E-state index is 5.95. The molecule has 0 saturated carbocycles. The smallest absolute Gasteiger partial charge is 0.0184 e. The highest BCUT2D eigenvalue weighted by Crippen LogP contribution is 2.33. The van der Waals surface area contributed by atoms with Crippen molar-refractivity contribution < 1.29 is 0 Å². The van der Waals surface area contributed by atoms with Gasteiger partial charge in [0.25, 0.3) is 0 Å². The van der Waals surface area contributed by atoms with Crippen molar-refractivity contribution in [1.29, 1.82) is 0 Å². The quantitative estimate of drug-likeness (QED) is 0.495. The molecule has 0 unspecified atom stereocenters. The summed E-state index contributed by atoms with van der Waals surface area (Å²) >= 11 is 0. The van der Waals surface area contributed by atoms with Crippen LogP contribution in [0, 0.1) is 0 Å². The molecule has 4 aromatic rings. The van der Waals surface area contributed by atoms with Crippen LogP contribution in [0.3, 0.4) is 0 Å². The molecule has 96 valence electrons. The highest BCUT2D eigenvalue weighted by Gasteiger charge is 2.07. The van der Waals surface area contributed by atoms with Crippen molar-refractivity contribution >= 4 is 32.3 Å². The third-order valence-electron chi connectivity index (χ3n) is 4.07. The van der Waals surface area contributed by atoms with Crippen molar-refractivity contribution in [2.45, 2.75) is 6.54 Å². The van der Waals surface area contributed by atoms with Gasteiger partial charge in [-0.2, -0.15) is 0 Å². The van der Waals surface area contributed by atoms with Gasteiger partial charge < -0.3 is 5.73 Å². The van der Waals surface area contributed by atoms with Crippen molar-refractivity contribution in [3.63, 3.8) is 0 Å². The van der Waals surface area contributed by atoms with Crippen molar-refractivity contribution in [1.82, 2.24) is 0 Å². The fourth-order valence-electron chi connectivity index (χ4n) is 3.10. The monoisotopic (exact) mass is 257 g/mol. The third kappa shape index (κ3) is 1.54. The van der Waals surface area contributed by atoms with Crippen molar-refractivity contribution in [3.8, 4) is 0 Å². The largest absolute Gasteiger partial charge is 0.326 e. The molecular formula is C19H15N. The summed E-state index contributed by atoms with van der Waals surface area (Å²) in [5.41, 5.74) is 7.16. The van der Waals surface area contributed by atoms with Crippen LogP contribution >= 0.6 is 0 Å². The fraction of sp³-hybridized carbons (Fsp3) is 0.0526. The minimum absolute atomic E-state index is 0.569. The van der Waals surface area contributed by atoms with E-state index in [9.17, 15) is 0 Å². The average Bonchev–Trinajstić information content (AvgIpc) is 2.53. The molecule has 0 saturated heterocycles. The molecule has 1 nitrogen and oxygen atoms in total. The van der Waals surface area contributed by atoms with Gasteiger partial charge in [-0.15, -0.1) is 0 Å². The molecule has 0 heterocycles. The zero-order valence-corrected chi connectivity index (χ0v) is 11.1. The molecule has 2 N–H and O–H groups in total. The van der Waals surface area contributed by atoms with E-state index in [-0.39, 0.29) is 0 Å². The van der Waals surface area contributed by atoms with Gasteiger partial charge in [-0.1, -0.05) is 60.7 Å². The van der Waals surface area contributed by atoms with Crippen LogP contribution < -0.4 is 5.73 Å². The Labute approximate surface area is 117 Å². The fourth-order valence-corrected chi connectivity index (χ4v) is 3.10. The summed E-state index contributed by atoms with van der Waals surface area (Å²) in [4.78, 5) is 0. The van der Waals surface area contributed by atoms with Crippen molar-refractivity contribution in [2.24, 2.45) is 5.73 Å². The summed E-state index contributed by atoms with van der Waals surface area (Å²) in [6, 6.07) is 23.7. The number of hydrogen-bond acceptors (Lipinski definition) is 1. The topological polar surface area (TPSA) is 26.0 Å². The number of benzene rings is 4. The summed E-state index contributed by atoms with van der Waals surface area (Å²) in [6.45, 7) is 0.569. The molecule has 0 fully saturated rings. The summed E-state index contributed by atoms with van der Waals surface area (Å²) in [6.07, 6.45) is 0. The SMILES string of the molecule is NCc1cc2c3ccccc3ccc2c2ccccc12. The van der Waals surface area contributed by atoms with E-state index in [4.69, 9.17) is 5.73 Å². The van der Waals surface area contributed by atoms with Crippen LogP contribution in [0.4, 0.5) is 0 Å². The lowest BCUT2D eigenvalue weighted by molar-refractivity contribution is 1.09. The number of fused-ring (bicyclic) bond motifs is 5. The van der Waals surface area contributed by atoms with E-state index in [0.29, 0.717) is 6.54 Å². The Bertz CT molecular complexity index is 938. The van der Waals surface area contributed by atoms with Gasteiger partial charge in [0.15, 0.2) is 0 Å². The van der Waals surface area contributed by atoms with E-state index in [1.165, 1.54) is 37.9 Å². The molecule has 0 aliphatic rings. The molecule has 0 aliphatic carbocycles. The molecule has 0 aromatic heterocycles. The minimum Gasteiger partial charge on any atom is -0.326 e. The molecule has 20 heavy (non-hydrogen) atoms. The van der Waals surface area contributed by atoms with Gasteiger partial charge in [0.1, 0.15) is 0 Å². The van der Waals surface area contributed by atoms with Crippen LogP contribution in [0.1, 0.15) is 5.56 Å². The maximum atomic E-state index is 5.95. The lowest BCUT2D eigenvalue weighted by Gasteiger charge is -2.11. The molecule has 0 amide bonds. The van der Waals surface area contributed by atoms with Gasteiger partial charge in [0.2, 0.25) is 0 Å². The molecule has 1 heteroatoms. The van der Waals surface area contributed by atoms with Gasteiger partial charge in [0, 0.05) is 6.54 Å². The van der Waals surface area contributed by atoms with E-state index in [1.54, 1.807) is 0 Å². The molecule has 4 aromatic carbocycles. The number of nitrogens with two attached hydrogens (primary N) is 1. The zero-order chi connectivity index (χ0) is 13.5. The Kier molecular flexibility index (Phi) is 2.48. The van der Waals surface area contributed by atoms with Crippen LogP contribution in [-0.4, -0.2) is 0 Å². The molecule has 0 bridgehead atoms. The Morgan fingerprint density at radius 1 is 0.600 bits per heavy atom. The lowest BCUT2D eigenvalue weighted by atomic mass is 9.94. The second-order valence-electron chi connectivity index (χ2n) is 5.17. The summed E-state index contributed by atoms with van der Waals surface area (Å²) in [5.74, 6) is 0. The minimum atomic E-state index is 0.569. The molecule has 0 aliphatic heterocycles. The summed E-state index contributed by atoms with van der Waals surface area (Å²) in [5, 5.41) is 7.72. The average molecular weight is 257 g/mol. The van der Waals surface area contributed by atoms with Crippen molar-refractivity contribution in [3.05, 3.63) is 72.3 Å². The first-order chi connectivity index (χ1) is 9.88. The lowest BCUT2D eigenvalue weighted by Crippen LogP contribution is -1.97. The van der Waals surface area contributed by atoms with Gasteiger partial charge in [-0.3, -0.25) is 0 Å². The van der Waals surface area contributed by atoms with Crippen molar-refractivity contribution in [2.75, 3.05) is 0 Å². The third-order valence-corrected chi connectivity index (χ3v) is 4.07. The highest BCUT2D eigenvalue weighted by molar-refractivity contribution is 6.18. The maximum Gasteiger partial charge on any atom is 0.0184 e. The zero-order valence-electron chi connectivity index (χ0n) is 11.1. The predicted octanol–water partition coefficient (Wildman–Crippen LogP) is 4.60. The molecule has 0 atom stereocenters. The second-order valence-corrected chi connectivity index (χ2v) is 5.17. The molecule has 4 rings (SSSR count).